The molecule has 1 atom stereocenters. The van der Waals surface area contributed by atoms with E-state index in [-0.39, 0.29) is 11.9 Å². The molecule has 0 amide bonds. The number of halogens is 2. The van der Waals surface area contributed by atoms with Crippen molar-refractivity contribution in [2.45, 2.75) is 18.9 Å². The van der Waals surface area contributed by atoms with Crippen LogP contribution in [0.2, 0.25) is 0 Å². The lowest BCUT2D eigenvalue weighted by Gasteiger charge is -2.17. The molecule has 2 aromatic rings. The minimum Gasteiger partial charge on any atom is -0.313 e. The molecule has 0 fully saturated rings. The van der Waals surface area contributed by atoms with Crippen LogP contribution < -0.4 is 5.32 Å². The highest BCUT2D eigenvalue weighted by molar-refractivity contribution is 9.10. The first-order chi connectivity index (χ1) is 8.70. The maximum atomic E-state index is 13.8. The van der Waals surface area contributed by atoms with Crippen LogP contribution in [0, 0.1) is 5.82 Å². The summed E-state index contributed by atoms with van der Waals surface area (Å²) < 4.78 is 14.7. The Morgan fingerprint density at radius 3 is 2.89 bits per heavy atom. The minimum atomic E-state index is -0.150. The van der Waals surface area contributed by atoms with Crippen LogP contribution in [-0.2, 0) is 6.42 Å². The van der Waals surface area contributed by atoms with E-state index in [4.69, 9.17) is 0 Å². The van der Waals surface area contributed by atoms with E-state index in [1.165, 1.54) is 11.6 Å². The fourth-order valence-electron chi connectivity index (χ4n) is 1.98. The van der Waals surface area contributed by atoms with Crippen molar-refractivity contribution in [3.63, 3.8) is 0 Å². The molecule has 0 aliphatic heterocycles. The van der Waals surface area contributed by atoms with Gasteiger partial charge in [0.25, 0.3) is 0 Å². The summed E-state index contributed by atoms with van der Waals surface area (Å²) in [5.74, 6) is -0.150. The van der Waals surface area contributed by atoms with Crippen LogP contribution in [0.1, 0.15) is 23.6 Å². The van der Waals surface area contributed by atoms with Gasteiger partial charge in [0.2, 0.25) is 0 Å². The Morgan fingerprint density at radius 1 is 1.39 bits per heavy atom. The molecule has 18 heavy (non-hydrogen) atoms. The number of hydrogen-bond acceptors (Lipinski definition) is 2. The normalized spacial score (nSPS) is 12.6. The highest BCUT2D eigenvalue weighted by Gasteiger charge is 2.14. The van der Waals surface area contributed by atoms with Crippen molar-refractivity contribution < 1.29 is 4.39 Å². The molecule has 1 nitrogen and oxygen atoms in total. The van der Waals surface area contributed by atoms with E-state index in [9.17, 15) is 4.39 Å². The van der Waals surface area contributed by atoms with Gasteiger partial charge in [-0.05, 0) is 60.5 Å². The van der Waals surface area contributed by atoms with Crippen LogP contribution in [0.15, 0.2) is 39.5 Å². The van der Waals surface area contributed by atoms with Crippen LogP contribution in [0.5, 0.6) is 0 Å². The molecule has 1 aromatic carbocycles. The second-order valence-corrected chi connectivity index (χ2v) is 5.87. The van der Waals surface area contributed by atoms with Crippen molar-refractivity contribution >= 4 is 27.3 Å². The lowest BCUT2D eigenvalue weighted by Crippen LogP contribution is -2.18. The summed E-state index contributed by atoms with van der Waals surface area (Å²) in [7, 11) is 1.87. The Bertz CT molecular complexity index is 499. The number of benzene rings is 1. The minimum absolute atomic E-state index is 0.0439. The summed E-state index contributed by atoms with van der Waals surface area (Å²) in [6.45, 7) is 0. The molecule has 0 spiro atoms. The monoisotopic (exact) mass is 327 g/mol. The first-order valence-corrected chi connectivity index (χ1v) is 7.57. The van der Waals surface area contributed by atoms with Gasteiger partial charge in [-0.25, -0.2) is 4.39 Å². The van der Waals surface area contributed by atoms with Crippen molar-refractivity contribution in [2.75, 3.05) is 7.05 Å². The molecule has 0 saturated carbocycles. The van der Waals surface area contributed by atoms with E-state index >= 15 is 0 Å². The van der Waals surface area contributed by atoms with E-state index in [0.29, 0.717) is 0 Å². The Balaban J connectivity index is 2.10. The summed E-state index contributed by atoms with van der Waals surface area (Å²) in [6, 6.07) is 7.25. The number of thiophene rings is 1. The molecule has 0 radical (unpaired) electrons. The van der Waals surface area contributed by atoms with E-state index in [1.807, 2.05) is 13.1 Å². The van der Waals surface area contributed by atoms with E-state index in [2.05, 4.69) is 38.1 Å². The van der Waals surface area contributed by atoms with Crippen LogP contribution in [0.25, 0.3) is 0 Å². The molecule has 96 valence electrons. The van der Waals surface area contributed by atoms with Gasteiger partial charge in [-0.1, -0.05) is 15.9 Å². The molecule has 0 aliphatic rings. The summed E-state index contributed by atoms with van der Waals surface area (Å²) in [5.41, 5.74) is 2.04. The Labute approximate surface area is 119 Å². The lowest BCUT2D eigenvalue weighted by molar-refractivity contribution is 0.508. The van der Waals surface area contributed by atoms with Gasteiger partial charge in [0.05, 0.1) is 0 Å². The van der Waals surface area contributed by atoms with Crippen molar-refractivity contribution in [1.29, 1.82) is 0 Å². The Kier molecular flexibility index (Phi) is 4.92. The zero-order chi connectivity index (χ0) is 13.0. The molecular formula is C14H15BrFNS. The van der Waals surface area contributed by atoms with Crippen LogP contribution in [0.3, 0.4) is 0 Å². The summed E-state index contributed by atoms with van der Waals surface area (Å²) in [5, 5.41) is 7.41. The fourth-order valence-corrected chi connectivity index (χ4v) is 3.06. The maximum Gasteiger partial charge on any atom is 0.128 e. The predicted octanol–water partition coefficient (Wildman–Crippen LogP) is 4.54. The van der Waals surface area contributed by atoms with Crippen molar-refractivity contribution in [1.82, 2.24) is 5.32 Å². The standard InChI is InChI=1S/C14H15BrFNS/c1-17-14(5-2-10-6-7-18-9-10)12-8-11(15)3-4-13(12)16/h3-4,6-9,14,17H,2,5H2,1H3. The smallest absolute Gasteiger partial charge is 0.128 e. The molecule has 0 bridgehead atoms. The number of nitrogens with one attached hydrogen (secondary N) is 1. The second kappa shape index (κ2) is 6.45. The average molecular weight is 328 g/mol. The van der Waals surface area contributed by atoms with E-state index < -0.39 is 0 Å². The molecule has 1 heterocycles. The number of hydrogen-bond donors (Lipinski definition) is 1. The second-order valence-electron chi connectivity index (χ2n) is 4.18. The summed E-state index contributed by atoms with van der Waals surface area (Å²) in [4.78, 5) is 0. The maximum absolute atomic E-state index is 13.8. The van der Waals surface area contributed by atoms with Crippen LogP contribution in [0.4, 0.5) is 4.39 Å². The van der Waals surface area contributed by atoms with Gasteiger partial charge in [0, 0.05) is 16.1 Å². The largest absolute Gasteiger partial charge is 0.313 e. The van der Waals surface area contributed by atoms with Gasteiger partial charge >= 0.3 is 0 Å². The van der Waals surface area contributed by atoms with Crippen molar-refractivity contribution in [2.24, 2.45) is 0 Å². The number of aryl methyl sites for hydroxylation is 1. The Morgan fingerprint density at radius 2 is 2.22 bits per heavy atom. The predicted molar refractivity (Wildman–Crippen MR) is 78.5 cm³/mol. The van der Waals surface area contributed by atoms with Gasteiger partial charge in [-0.15, -0.1) is 0 Å². The molecule has 1 aromatic heterocycles. The highest BCUT2D eigenvalue weighted by Crippen LogP contribution is 2.25. The molecule has 4 heteroatoms. The molecule has 2 rings (SSSR count). The summed E-state index contributed by atoms with van der Waals surface area (Å²) in [6.07, 6.45) is 1.85. The fraction of sp³-hybridized carbons (Fsp3) is 0.286. The quantitative estimate of drug-likeness (QED) is 0.849. The number of rotatable bonds is 5. The zero-order valence-electron chi connectivity index (χ0n) is 10.1. The third-order valence-corrected chi connectivity index (χ3v) is 4.21. The molecule has 0 saturated heterocycles. The Hall–Kier alpha value is -0.710. The third kappa shape index (κ3) is 3.40. The van der Waals surface area contributed by atoms with Gasteiger partial charge in [-0.3, -0.25) is 0 Å². The van der Waals surface area contributed by atoms with Gasteiger partial charge < -0.3 is 5.32 Å². The SMILES string of the molecule is CNC(CCc1ccsc1)c1cc(Br)ccc1F. The molecule has 1 unspecified atom stereocenters. The van der Waals surface area contributed by atoms with Gasteiger partial charge in [0.15, 0.2) is 0 Å². The molecule has 0 aliphatic carbocycles. The van der Waals surface area contributed by atoms with Gasteiger partial charge in [0.1, 0.15) is 5.82 Å². The topological polar surface area (TPSA) is 12.0 Å². The highest BCUT2D eigenvalue weighted by atomic mass is 79.9. The average Bonchev–Trinajstić information content (AvgIpc) is 2.87. The van der Waals surface area contributed by atoms with Crippen LogP contribution >= 0.6 is 27.3 Å². The first kappa shape index (κ1) is 13.7. The lowest BCUT2D eigenvalue weighted by atomic mass is 10.00. The summed E-state index contributed by atoms with van der Waals surface area (Å²) >= 11 is 5.09. The first-order valence-electron chi connectivity index (χ1n) is 5.84. The van der Waals surface area contributed by atoms with Crippen LogP contribution in [-0.4, -0.2) is 7.05 Å². The molecular weight excluding hydrogens is 313 g/mol. The van der Waals surface area contributed by atoms with Gasteiger partial charge in [-0.2, -0.15) is 11.3 Å². The molecule has 1 N–H and O–H groups in total. The third-order valence-electron chi connectivity index (χ3n) is 2.98. The van der Waals surface area contributed by atoms with E-state index in [1.54, 1.807) is 17.4 Å². The van der Waals surface area contributed by atoms with Crippen molar-refractivity contribution in [3.8, 4) is 0 Å². The zero-order valence-corrected chi connectivity index (χ0v) is 12.5. The van der Waals surface area contributed by atoms with Crippen molar-refractivity contribution in [3.05, 3.63) is 56.4 Å². The van der Waals surface area contributed by atoms with E-state index in [0.717, 1.165) is 22.9 Å².